The van der Waals surface area contributed by atoms with Gasteiger partial charge in [-0.05, 0) is 37.0 Å². The summed E-state index contributed by atoms with van der Waals surface area (Å²) in [4.78, 5) is 14.3. The van der Waals surface area contributed by atoms with Crippen molar-refractivity contribution in [2.75, 3.05) is 25.5 Å². The Morgan fingerprint density at radius 2 is 2.09 bits per heavy atom. The molecule has 3 rings (SSSR count). The summed E-state index contributed by atoms with van der Waals surface area (Å²) in [5.41, 5.74) is 0.707. The van der Waals surface area contributed by atoms with Crippen molar-refractivity contribution in [3.05, 3.63) is 42.7 Å². The third-order valence-electron chi connectivity index (χ3n) is 4.25. The molecule has 0 atom stereocenters. The number of aromatic nitrogens is 2. The Kier molecular flexibility index (Phi) is 4.80. The summed E-state index contributed by atoms with van der Waals surface area (Å²) in [6.07, 6.45) is 5.79. The number of carbonyl (C=O) groups is 1. The van der Waals surface area contributed by atoms with Crippen LogP contribution in [0.25, 0.3) is 0 Å². The van der Waals surface area contributed by atoms with Crippen LogP contribution in [0.15, 0.2) is 42.7 Å². The smallest absolute Gasteiger partial charge is 0.321 e. The first-order chi connectivity index (χ1) is 11.3. The maximum absolute atomic E-state index is 12.4. The number of likely N-dealkylation sites (tertiary alicyclic amines) is 1. The van der Waals surface area contributed by atoms with Crippen molar-refractivity contribution in [1.29, 1.82) is 0 Å². The quantitative estimate of drug-likeness (QED) is 0.944. The van der Waals surface area contributed by atoms with E-state index in [2.05, 4.69) is 10.4 Å². The van der Waals surface area contributed by atoms with Gasteiger partial charge in [0.15, 0.2) is 0 Å². The molecule has 2 heterocycles. The SMILES string of the molecule is COc1ccccc1NC(=O)N1CCC(Cn2cccn2)CC1. The van der Waals surface area contributed by atoms with Gasteiger partial charge < -0.3 is 15.0 Å². The van der Waals surface area contributed by atoms with Gasteiger partial charge in [0.25, 0.3) is 0 Å². The number of rotatable bonds is 4. The molecule has 6 nitrogen and oxygen atoms in total. The maximum atomic E-state index is 12.4. The molecule has 1 fully saturated rings. The Bertz CT molecular complexity index is 634. The van der Waals surface area contributed by atoms with Gasteiger partial charge in [-0.1, -0.05) is 12.1 Å². The van der Waals surface area contributed by atoms with Gasteiger partial charge in [-0.2, -0.15) is 5.10 Å². The highest BCUT2D eigenvalue weighted by atomic mass is 16.5. The number of piperidine rings is 1. The lowest BCUT2D eigenvalue weighted by atomic mass is 9.97. The summed E-state index contributed by atoms with van der Waals surface area (Å²) in [7, 11) is 1.60. The molecule has 1 saturated heterocycles. The van der Waals surface area contributed by atoms with Gasteiger partial charge in [-0.15, -0.1) is 0 Å². The number of nitrogens with one attached hydrogen (secondary N) is 1. The highest BCUT2D eigenvalue weighted by molar-refractivity contribution is 5.91. The molecule has 1 aromatic carbocycles. The number of hydrogen-bond donors (Lipinski definition) is 1. The molecule has 1 aromatic heterocycles. The number of anilines is 1. The monoisotopic (exact) mass is 314 g/mol. The minimum Gasteiger partial charge on any atom is -0.495 e. The maximum Gasteiger partial charge on any atom is 0.321 e. The summed E-state index contributed by atoms with van der Waals surface area (Å²) in [6, 6.07) is 9.33. The lowest BCUT2D eigenvalue weighted by molar-refractivity contribution is 0.175. The first-order valence-corrected chi connectivity index (χ1v) is 7.92. The van der Waals surface area contributed by atoms with Crippen molar-refractivity contribution >= 4 is 11.7 Å². The highest BCUT2D eigenvalue weighted by Gasteiger charge is 2.23. The molecule has 0 saturated carbocycles. The fourth-order valence-corrected chi connectivity index (χ4v) is 2.93. The summed E-state index contributed by atoms with van der Waals surface area (Å²) in [5, 5.41) is 7.19. The number of methoxy groups -OCH3 is 1. The van der Waals surface area contributed by atoms with Crippen LogP contribution in [0.5, 0.6) is 5.75 Å². The van der Waals surface area contributed by atoms with Gasteiger partial charge in [0.05, 0.1) is 12.8 Å². The number of nitrogens with zero attached hydrogens (tertiary/aromatic N) is 3. The van der Waals surface area contributed by atoms with E-state index < -0.39 is 0 Å². The van der Waals surface area contributed by atoms with Gasteiger partial charge in [-0.25, -0.2) is 4.79 Å². The molecule has 0 spiro atoms. The van der Waals surface area contributed by atoms with E-state index in [4.69, 9.17) is 4.74 Å². The van der Waals surface area contributed by atoms with Crippen LogP contribution < -0.4 is 10.1 Å². The van der Waals surface area contributed by atoms with Gasteiger partial charge in [0.2, 0.25) is 0 Å². The van der Waals surface area contributed by atoms with Crippen LogP contribution in [0.1, 0.15) is 12.8 Å². The molecular formula is C17H22N4O2. The predicted octanol–water partition coefficient (Wildman–Crippen LogP) is 2.84. The highest BCUT2D eigenvalue weighted by Crippen LogP contribution is 2.24. The Morgan fingerprint density at radius 1 is 1.30 bits per heavy atom. The third kappa shape index (κ3) is 3.83. The van der Waals surface area contributed by atoms with E-state index in [1.54, 1.807) is 13.3 Å². The van der Waals surface area contributed by atoms with E-state index in [1.807, 2.05) is 46.1 Å². The number of ether oxygens (including phenoxy) is 1. The number of para-hydroxylation sites is 2. The van der Waals surface area contributed by atoms with Gasteiger partial charge in [0, 0.05) is 32.0 Å². The van der Waals surface area contributed by atoms with Crippen molar-refractivity contribution in [3.8, 4) is 5.75 Å². The summed E-state index contributed by atoms with van der Waals surface area (Å²) in [6.45, 7) is 2.47. The van der Waals surface area contributed by atoms with E-state index in [1.165, 1.54) is 0 Å². The normalized spacial score (nSPS) is 15.4. The van der Waals surface area contributed by atoms with E-state index in [0.29, 0.717) is 17.4 Å². The molecule has 1 aliphatic rings. The second-order valence-electron chi connectivity index (χ2n) is 5.79. The van der Waals surface area contributed by atoms with Crippen LogP contribution in [0.2, 0.25) is 0 Å². The minimum absolute atomic E-state index is 0.0629. The second kappa shape index (κ2) is 7.17. The molecule has 1 aliphatic heterocycles. The van der Waals surface area contributed by atoms with Crippen LogP contribution in [-0.4, -0.2) is 40.9 Å². The van der Waals surface area contributed by atoms with Gasteiger partial charge in [0.1, 0.15) is 5.75 Å². The minimum atomic E-state index is -0.0629. The van der Waals surface area contributed by atoms with E-state index >= 15 is 0 Å². The molecule has 1 N–H and O–H groups in total. The number of carbonyl (C=O) groups excluding carboxylic acids is 1. The molecule has 122 valence electrons. The van der Waals surface area contributed by atoms with Gasteiger partial charge in [-0.3, -0.25) is 4.68 Å². The lowest BCUT2D eigenvalue weighted by Crippen LogP contribution is -2.41. The van der Waals surface area contributed by atoms with Crippen molar-refractivity contribution in [2.24, 2.45) is 5.92 Å². The Hall–Kier alpha value is -2.50. The van der Waals surface area contributed by atoms with Crippen LogP contribution in [0, 0.1) is 5.92 Å². The molecule has 23 heavy (non-hydrogen) atoms. The largest absolute Gasteiger partial charge is 0.495 e. The topological polar surface area (TPSA) is 59.4 Å². The second-order valence-corrected chi connectivity index (χ2v) is 5.79. The fourth-order valence-electron chi connectivity index (χ4n) is 2.93. The third-order valence-corrected chi connectivity index (χ3v) is 4.25. The van der Waals surface area contributed by atoms with Crippen LogP contribution >= 0.6 is 0 Å². The molecule has 0 bridgehead atoms. The first kappa shape index (κ1) is 15.4. The average Bonchev–Trinajstić information content (AvgIpc) is 3.09. The number of hydrogen-bond acceptors (Lipinski definition) is 3. The van der Waals surface area contributed by atoms with E-state index in [0.717, 1.165) is 32.5 Å². The van der Waals surface area contributed by atoms with Crippen molar-refractivity contribution in [3.63, 3.8) is 0 Å². The summed E-state index contributed by atoms with van der Waals surface area (Å²) >= 11 is 0. The van der Waals surface area contributed by atoms with Crippen molar-refractivity contribution in [1.82, 2.24) is 14.7 Å². The summed E-state index contributed by atoms with van der Waals surface area (Å²) < 4.78 is 7.23. The Balaban J connectivity index is 1.52. The van der Waals surface area contributed by atoms with E-state index in [-0.39, 0.29) is 6.03 Å². The lowest BCUT2D eigenvalue weighted by Gasteiger charge is -2.32. The first-order valence-electron chi connectivity index (χ1n) is 7.92. The fraction of sp³-hybridized carbons (Fsp3) is 0.412. The Labute approximate surface area is 136 Å². The molecule has 0 unspecified atom stereocenters. The molecule has 0 aliphatic carbocycles. The molecule has 2 aromatic rings. The van der Waals surface area contributed by atoms with Crippen LogP contribution in [-0.2, 0) is 6.54 Å². The standard InChI is InChI=1S/C17H22N4O2/c1-23-16-6-3-2-5-15(16)19-17(22)20-11-7-14(8-12-20)13-21-10-4-9-18-21/h2-6,9-10,14H,7-8,11-13H2,1H3,(H,19,22). The van der Waals surface area contributed by atoms with Gasteiger partial charge >= 0.3 is 6.03 Å². The number of benzene rings is 1. The van der Waals surface area contributed by atoms with Crippen molar-refractivity contribution < 1.29 is 9.53 Å². The number of amides is 2. The van der Waals surface area contributed by atoms with E-state index in [9.17, 15) is 4.79 Å². The number of urea groups is 1. The van der Waals surface area contributed by atoms with Crippen LogP contribution in [0.3, 0.4) is 0 Å². The van der Waals surface area contributed by atoms with Crippen molar-refractivity contribution in [2.45, 2.75) is 19.4 Å². The zero-order chi connectivity index (χ0) is 16.1. The molecular weight excluding hydrogens is 292 g/mol. The zero-order valence-corrected chi connectivity index (χ0v) is 13.3. The van der Waals surface area contributed by atoms with Crippen LogP contribution in [0.4, 0.5) is 10.5 Å². The predicted molar refractivity (Wildman–Crippen MR) is 88.5 cm³/mol. The zero-order valence-electron chi connectivity index (χ0n) is 13.3. The Morgan fingerprint density at radius 3 is 2.78 bits per heavy atom. The summed E-state index contributed by atoms with van der Waals surface area (Å²) in [5.74, 6) is 1.25. The average molecular weight is 314 g/mol. The molecule has 0 radical (unpaired) electrons. The molecule has 2 amide bonds. The molecule has 6 heteroatoms.